The summed E-state index contributed by atoms with van der Waals surface area (Å²) in [5.74, 6) is 1.09. The van der Waals surface area contributed by atoms with Crippen molar-refractivity contribution in [1.82, 2.24) is 19.7 Å². The van der Waals surface area contributed by atoms with Crippen LogP contribution in [0, 0.1) is 0 Å². The number of hydrogen-bond donors (Lipinski definition) is 1. The van der Waals surface area contributed by atoms with E-state index in [1.54, 1.807) is 35.9 Å². The highest BCUT2D eigenvalue weighted by Gasteiger charge is 2.23. The second kappa shape index (κ2) is 9.19. The molecule has 1 N–H and O–H groups in total. The van der Waals surface area contributed by atoms with Crippen molar-refractivity contribution in [2.24, 2.45) is 0 Å². The molecule has 38 heavy (non-hydrogen) atoms. The summed E-state index contributed by atoms with van der Waals surface area (Å²) >= 11 is 0. The van der Waals surface area contributed by atoms with Crippen LogP contribution in [0.1, 0.15) is 12.6 Å². The van der Waals surface area contributed by atoms with Crippen molar-refractivity contribution < 1.29 is 19.0 Å². The van der Waals surface area contributed by atoms with Crippen molar-refractivity contribution >= 4 is 44.0 Å². The van der Waals surface area contributed by atoms with Crippen molar-refractivity contribution in [3.8, 4) is 17.2 Å². The number of hydrogen-bond acceptors (Lipinski definition) is 7. The molecule has 0 radical (unpaired) electrons. The maximum Gasteiger partial charge on any atom is 0.267 e. The zero-order valence-corrected chi connectivity index (χ0v) is 21.0. The number of fused-ring (bicyclic) bond motifs is 5. The van der Waals surface area contributed by atoms with Gasteiger partial charge < -0.3 is 19.5 Å². The van der Waals surface area contributed by atoms with Crippen LogP contribution in [0.2, 0.25) is 0 Å². The monoisotopic (exact) mass is 508 g/mol. The Labute approximate surface area is 216 Å². The van der Waals surface area contributed by atoms with Crippen LogP contribution >= 0.6 is 0 Å². The van der Waals surface area contributed by atoms with Gasteiger partial charge in [-0.05, 0) is 55.5 Å². The number of nitrogens with zero attached hydrogens (tertiary/aromatic N) is 3. The molecule has 190 valence electrons. The smallest absolute Gasteiger partial charge is 0.267 e. The van der Waals surface area contributed by atoms with Gasteiger partial charge in [-0.3, -0.25) is 24.0 Å². The first-order valence-corrected chi connectivity index (χ1v) is 12.1. The van der Waals surface area contributed by atoms with Crippen LogP contribution in [-0.2, 0) is 11.3 Å². The molecule has 6 aromatic rings. The molecule has 1 atom stereocenters. The lowest BCUT2D eigenvalue weighted by atomic mass is 10.1. The fraction of sp³-hybridized carbons (Fsp3) is 0.172. The maximum atomic E-state index is 13.9. The van der Waals surface area contributed by atoms with Crippen molar-refractivity contribution in [2.75, 3.05) is 14.2 Å². The summed E-state index contributed by atoms with van der Waals surface area (Å²) in [4.78, 5) is 35.3. The maximum absolute atomic E-state index is 13.9. The third kappa shape index (κ3) is 3.62. The molecule has 0 bridgehead atoms. The highest BCUT2D eigenvalue weighted by atomic mass is 16.5. The Morgan fingerprint density at radius 3 is 2.61 bits per heavy atom. The number of methoxy groups -OCH3 is 2. The van der Waals surface area contributed by atoms with Crippen LogP contribution in [0.4, 0.5) is 0 Å². The third-order valence-corrected chi connectivity index (χ3v) is 6.72. The fourth-order valence-corrected chi connectivity index (χ4v) is 4.96. The average molecular weight is 509 g/mol. The first-order valence-electron chi connectivity index (χ1n) is 12.1. The molecule has 0 aliphatic rings. The average Bonchev–Trinajstić information content (AvgIpc) is 3.29. The van der Waals surface area contributed by atoms with E-state index in [-0.39, 0.29) is 11.5 Å². The van der Waals surface area contributed by atoms with E-state index >= 15 is 0 Å². The van der Waals surface area contributed by atoms with Crippen LogP contribution < -0.4 is 25.1 Å². The molecule has 0 saturated carbocycles. The summed E-state index contributed by atoms with van der Waals surface area (Å²) in [7, 11) is 3.05. The molecule has 0 fully saturated rings. The van der Waals surface area contributed by atoms with Gasteiger partial charge in [0.25, 0.3) is 11.5 Å². The number of rotatable bonds is 7. The van der Waals surface area contributed by atoms with Gasteiger partial charge in [-0.25, -0.2) is 0 Å². The first-order chi connectivity index (χ1) is 18.5. The van der Waals surface area contributed by atoms with Crippen molar-refractivity contribution in [3.63, 3.8) is 0 Å². The van der Waals surface area contributed by atoms with Gasteiger partial charge in [-0.1, -0.05) is 6.07 Å². The molecule has 0 aliphatic carbocycles. The molecule has 0 aliphatic heterocycles. The molecule has 1 amide bonds. The molecule has 4 heterocycles. The lowest BCUT2D eigenvalue weighted by molar-refractivity contribution is -0.127. The Balaban J connectivity index is 1.43. The lowest BCUT2D eigenvalue weighted by Gasteiger charge is -2.15. The Morgan fingerprint density at radius 2 is 1.84 bits per heavy atom. The second-order valence-corrected chi connectivity index (χ2v) is 8.90. The normalized spacial score (nSPS) is 12.3. The van der Waals surface area contributed by atoms with Gasteiger partial charge in [0.15, 0.2) is 17.6 Å². The third-order valence-electron chi connectivity index (χ3n) is 6.72. The van der Waals surface area contributed by atoms with E-state index in [0.29, 0.717) is 51.1 Å². The summed E-state index contributed by atoms with van der Waals surface area (Å²) in [6, 6.07) is 16.4. The van der Waals surface area contributed by atoms with Crippen LogP contribution in [0.25, 0.3) is 38.1 Å². The van der Waals surface area contributed by atoms with Gasteiger partial charge >= 0.3 is 0 Å². The Kier molecular flexibility index (Phi) is 5.68. The van der Waals surface area contributed by atoms with Crippen LogP contribution in [0.5, 0.6) is 17.2 Å². The molecule has 2 aromatic carbocycles. The molecular formula is C29H24N4O5. The number of nitrogens with one attached hydrogen (secondary N) is 1. The van der Waals surface area contributed by atoms with E-state index in [9.17, 15) is 9.59 Å². The standard InChI is InChI=1S/C29H24N4O5/c1-16(28(34)32-15-17-6-4-5-12-30-17)38-18-7-9-22-21(14-18)19-11-13-31-25-20-8-10-23(36-2)27(37-3)24(20)29(35)33(22)26(19)25/h4-14,16H,15H2,1-3H3,(H,32,34). The largest absolute Gasteiger partial charge is 0.493 e. The molecule has 0 saturated heterocycles. The van der Waals surface area contributed by atoms with Gasteiger partial charge in [0.05, 0.1) is 48.4 Å². The number of carbonyl (C=O) groups is 1. The predicted octanol–water partition coefficient (Wildman–Crippen LogP) is 4.09. The minimum absolute atomic E-state index is 0.229. The van der Waals surface area contributed by atoms with Crippen molar-refractivity contribution in [1.29, 1.82) is 0 Å². The van der Waals surface area contributed by atoms with Gasteiger partial charge in [0, 0.05) is 28.6 Å². The molecule has 9 nitrogen and oxygen atoms in total. The lowest BCUT2D eigenvalue weighted by Crippen LogP contribution is -2.36. The second-order valence-electron chi connectivity index (χ2n) is 8.90. The molecule has 9 heteroatoms. The number of benzene rings is 2. The minimum atomic E-state index is -0.736. The number of ether oxygens (including phenoxy) is 3. The molecule has 0 spiro atoms. The quantitative estimate of drug-likeness (QED) is 0.324. The summed E-state index contributed by atoms with van der Waals surface area (Å²) in [5.41, 5.74) is 2.63. The predicted molar refractivity (Wildman–Crippen MR) is 144 cm³/mol. The van der Waals surface area contributed by atoms with Crippen LogP contribution in [-0.4, -0.2) is 40.6 Å². The molecule has 1 unspecified atom stereocenters. The summed E-state index contributed by atoms with van der Waals surface area (Å²) in [6.07, 6.45) is 2.67. The molecule has 4 aromatic heterocycles. The van der Waals surface area contributed by atoms with E-state index in [2.05, 4.69) is 15.3 Å². The van der Waals surface area contributed by atoms with E-state index < -0.39 is 6.10 Å². The Hall–Kier alpha value is -4.92. The topological polar surface area (TPSA) is 104 Å². The zero-order valence-electron chi connectivity index (χ0n) is 21.0. The Morgan fingerprint density at radius 1 is 0.974 bits per heavy atom. The fourth-order valence-electron chi connectivity index (χ4n) is 4.96. The van der Waals surface area contributed by atoms with E-state index in [0.717, 1.165) is 16.5 Å². The molecule has 6 rings (SSSR count). The van der Waals surface area contributed by atoms with E-state index in [4.69, 9.17) is 14.2 Å². The van der Waals surface area contributed by atoms with Crippen molar-refractivity contribution in [3.05, 3.63) is 83.0 Å². The number of aromatic nitrogens is 3. The number of amides is 1. The summed E-state index contributed by atoms with van der Waals surface area (Å²) in [6.45, 7) is 2.00. The van der Waals surface area contributed by atoms with Gasteiger partial charge in [-0.15, -0.1) is 0 Å². The molecular weight excluding hydrogens is 484 g/mol. The van der Waals surface area contributed by atoms with Gasteiger partial charge in [0.1, 0.15) is 5.75 Å². The first kappa shape index (κ1) is 23.5. The zero-order chi connectivity index (χ0) is 26.4. The van der Waals surface area contributed by atoms with Gasteiger partial charge in [-0.2, -0.15) is 0 Å². The number of carbonyl (C=O) groups excluding carboxylic acids is 1. The van der Waals surface area contributed by atoms with Crippen molar-refractivity contribution in [2.45, 2.75) is 19.6 Å². The number of pyridine rings is 3. The SMILES string of the molecule is COc1ccc2c(c1OC)c(=O)n1c3ccc(OC(C)C(=O)NCc4ccccn4)cc3c3ccnc2c31. The summed E-state index contributed by atoms with van der Waals surface area (Å²) < 4.78 is 18.7. The van der Waals surface area contributed by atoms with Crippen LogP contribution in [0.3, 0.4) is 0 Å². The van der Waals surface area contributed by atoms with E-state index in [1.807, 2.05) is 42.5 Å². The summed E-state index contributed by atoms with van der Waals surface area (Å²) in [5, 5.41) is 5.60. The Bertz CT molecular complexity index is 1880. The van der Waals surface area contributed by atoms with E-state index in [1.165, 1.54) is 14.2 Å². The minimum Gasteiger partial charge on any atom is -0.493 e. The van der Waals surface area contributed by atoms with Crippen LogP contribution in [0.15, 0.2) is 71.8 Å². The highest BCUT2D eigenvalue weighted by Crippen LogP contribution is 2.39. The van der Waals surface area contributed by atoms with Gasteiger partial charge in [0.2, 0.25) is 0 Å². The highest BCUT2D eigenvalue weighted by molar-refractivity contribution is 6.19.